The molecule has 5 heteroatoms. The Labute approximate surface area is 89.4 Å². The van der Waals surface area contributed by atoms with Crippen LogP contribution in [-0.2, 0) is 19.1 Å². The molecule has 0 spiro atoms. The molecule has 88 valence electrons. The van der Waals surface area contributed by atoms with Gasteiger partial charge < -0.3 is 14.6 Å². The van der Waals surface area contributed by atoms with E-state index in [1.807, 2.05) is 6.92 Å². The lowest BCUT2D eigenvalue weighted by atomic mass is 10.1. The second-order valence-corrected chi connectivity index (χ2v) is 3.21. The number of carboxylic acids is 1. The summed E-state index contributed by atoms with van der Waals surface area (Å²) in [7, 11) is 0. The van der Waals surface area contributed by atoms with Crippen LogP contribution in [0, 0.1) is 5.92 Å². The maximum absolute atomic E-state index is 11.4. The Bertz CT molecular complexity index is 214. The molecule has 0 aliphatic carbocycles. The summed E-state index contributed by atoms with van der Waals surface area (Å²) in [6.07, 6.45) is 0.396. The van der Waals surface area contributed by atoms with Gasteiger partial charge in [0.2, 0.25) is 0 Å². The van der Waals surface area contributed by atoms with E-state index in [1.54, 1.807) is 13.8 Å². The minimum absolute atomic E-state index is 0.138. The van der Waals surface area contributed by atoms with E-state index >= 15 is 0 Å². The lowest BCUT2D eigenvalue weighted by Gasteiger charge is -2.15. The number of ether oxygens (including phenoxy) is 2. The van der Waals surface area contributed by atoms with Crippen molar-refractivity contribution in [3.05, 3.63) is 0 Å². The molecule has 5 nitrogen and oxygen atoms in total. The average molecular weight is 218 g/mol. The van der Waals surface area contributed by atoms with Crippen molar-refractivity contribution in [3.8, 4) is 0 Å². The molecule has 15 heavy (non-hydrogen) atoms. The van der Waals surface area contributed by atoms with E-state index in [0.29, 0.717) is 13.0 Å². The number of hydrogen-bond acceptors (Lipinski definition) is 4. The van der Waals surface area contributed by atoms with E-state index < -0.39 is 17.9 Å². The highest BCUT2D eigenvalue weighted by atomic mass is 16.5. The van der Waals surface area contributed by atoms with Crippen LogP contribution in [0.15, 0.2) is 0 Å². The Balaban J connectivity index is 4.22. The Hall–Kier alpha value is -1.10. The topological polar surface area (TPSA) is 72.8 Å². The number of aliphatic carboxylic acids is 1. The molecule has 1 N–H and O–H groups in total. The predicted octanol–water partition coefficient (Wildman–Crippen LogP) is 1.07. The zero-order valence-corrected chi connectivity index (χ0v) is 9.36. The van der Waals surface area contributed by atoms with Crippen molar-refractivity contribution in [2.45, 2.75) is 33.3 Å². The SMILES string of the molecule is CCOCC(C(=O)O)C(=O)OC(C)CC. The molecule has 0 aliphatic rings. The summed E-state index contributed by atoms with van der Waals surface area (Å²) in [5.41, 5.74) is 0. The van der Waals surface area contributed by atoms with Gasteiger partial charge in [0.1, 0.15) is 0 Å². The van der Waals surface area contributed by atoms with Crippen LogP contribution in [0.4, 0.5) is 0 Å². The van der Waals surface area contributed by atoms with Gasteiger partial charge in [-0.25, -0.2) is 0 Å². The van der Waals surface area contributed by atoms with Gasteiger partial charge in [0.25, 0.3) is 0 Å². The van der Waals surface area contributed by atoms with E-state index in [9.17, 15) is 9.59 Å². The quantitative estimate of drug-likeness (QED) is 0.511. The molecular formula is C10H18O5. The fraction of sp³-hybridized carbons (Fsp3) is 0.800. The molecule has 0 radical (unpaired) electrons. The minimum Gasteiger partial charge on any atom is -0.481 e. The largest absolute Gasteiger partial charge is 0.481 e. The maximum Gasteiger partial charge on any atom is 0.322 e. The van der Waals surface area contributed by atoms with Gasteiger partial charge >= 0.3 is 11.9 Å². The third kappa shape index (κ3) is 5.37. The van der Waals surface area contributed by atoms with Gasteiger partial charge in [-0.05, 0) is 20.3 Å². The van der Waals surface area contributed by atoms with Crippen molar-refractivity contribution < 1.29 is 24.2 Å². The Morgan fingerprint density at radius 2 is 1.93 bits per heavy atom. The summed E-state index contributed by atoms with van der Waals surface area (Å²) in [5, 5.41) is 8.78. The second kappa shape index (κ2) is 7.23. The van der Waals surface area contributed by atoms with Gasteiger partial charge in [-0.2, -0.15) is 0 Å². The van der Waals surface area contributed by atoms with Crippen molar-refractivity contribution >= 4 is 11.9 Å². The lowest BCUT2D eigenvalue weighted by Crippen LogP contribution is -2.32. The van der Waals surface area contributed by atoms with Crippen molar-refractivity contribution in [1.29, 1.82) is 0 Å². The molecule has 0 aromatic rings. The van der Waals surface area contributed by atoms with Gasteiger partial charge in [0.05, 0.1) is 12.7 Å². The van der Waals surface area contributed by atoms with E-state index in [0.717, 1.165) is 0 Å². The summed E-state index contributed by atoms with van der Waals surface area (Å²) in [4.78, 5) is 22.1. The summed E-state index contributed by atoms with van der Waals surface area (Å²) >= 11 is 0. The molecule has 0 saturated heterocycles. The van der Waals surface area contributed by atoms with Gasteiger partial charge in [-0.1, -0.05) is 6.92 Å². The first-order valence-electron chi connectivity index (χ1n) is 5.03. The first-order chi connectivity index (χ1) is 7.02. The molecule has 0 rings (SSSR count). The van der Waals surface area contributed by atoms with E-state index in [4.69, 9.17) is 14.6 Å². The number of carboxylic acid groups (broad SMARTS) is 1. The fourth-order valence-electron chi connectivity index (χ4n) is 0.840. The van der Waals surface area contributed by atoms with Crippen molar-refractivity contribution in [2.24, 2.45) is 5.92 Å². The smallest absolute Gasteiger partial charge is 0.322 e. The standard InChI is InChI=1S/C10H18O5/c1-4-7(3)15-10(13)8(9(11)12)6-14-5-2/h7-8H,4-6H2,1-3H3,(H,11,12). The summed E-state index contributed by atoms with van der Waals surface area (Å²) in [5.74, 6) is -3.17. The minimum atomic E-state index is -1.22. The molecule has 0 amide bonds. The number of rotatable bonds is 7. The molecule has 2 atom stereocenters. The van der Waals surface area contributed by atoms with Crippen LogP contribution in [0.5, 0.6) is 0 Å². The highest BCUT2D eigenvalue weighted by molar-refractivity contribution is 5.94. The normalized spacial score (nSPS) is 14.3. The van der Waals surface area contributed by atoms with E-state index in [-0.39, 0.29) is 12.7 Å². The third-order valence-corrected chi connectivity index (χ3v) is 1.96. The summed E-state index contributed by atoms with van der Waals surface area (Å²) in [6.45, 7) is 5.55. The maximum atomic E-state index is 11.4. The van der Waals surface area contributed by atoms with Gasteiger partial charge in [0, 0.05) is 6.61 Å². The zero-order chi connectivity index (χ0) is 11.8. The molecule has 0 heterocycles. The molecule has 0 aliphatic heterocycles. The van der Waals surface area contributed by atoms with Crippen LogP contribution < -0.4 is 0 Å². The second-order valence-electron chi connectivity index (χ2n) is 3.21. The highest BCUT2D eigenvalue weighted by Gasteiger charge is 2.28. The van der Waals surface area contributed by atoms with Crippen LogP contribution in [-0.4, -0.2) is 36.4 Å². The van der Waals surface area contributed by atoms with Crippen molar-refractivity contribution in [3.63, 3.8) is 0 Å². The zero-order valence-electron chi connectivity index (χ0n) is 9.36. The first kappa shape index (κ1) is 13.9. The molecule has 0 fully saturated rings. The third-order valence-electron chi connectivity index (χ3n) is 1.96. The average Bonchev–Trinajstić information content (AvgIpc) is 2.17. The van der Waals surface area contributed by atoms with Crippen LogP contribution in [0.3, 0.4) is 0 Å². The van der Waals surface area contributed by atoms with E-state index in [1.165, 1.54) is 0 Å². The number of carbonyl (C=O) groups is 2. The molecule has 0 bridgehead atoms. The summed E-state index contributed by atoms with van der Waals surface area (Å²) < 4.78 is 9.83. The first-order valence-corrected chi connectivity index (χ1v) is 5.03. The fourth-order valence-corrected chi connectivity index (χ4v) is 0.840. The molecule has 0 saturated carbocycles. The van der Waals surface area contributed by atoms with Gasteiger partial charge in [-0.15, -0.1) is 0 Å². The van der Waals surface area contributed by atoms with Crippen LogP contribution in [0.25, 0.3) is 0 Å². The molecular weight excluding hydrogens is 200 g/mol. The highest BCUT2D eigenvalue weighted by Crippen LogP contribution is 2.06. The van der Waals surface area contributed by atoms with Crippen molar-refractivity contribution in [2.75, 3.05) is 13.2 Å². The number of hydrogen-bond donors (Lipinski definition) is 1. The van der Waals surface area contributed by atoms with Gasteiger partial charge in [0.15, 0.2) is 5.92 Å². The van der Waals surface area contributed by atoms with Crippen LogP contribution in [0.1, 0.15) is 27.2 Å². The lowest BCUT2D eigenvalue weighted by molar-refractivity contribution is -0.164. The van der Waals surface area contributed by atoms with Gasteiger partial charge in [-0.3, -0.25) is 9.59 Å². The molecule has 0 aromatic heterocycles. The van der Waals surface area contributed by atoms with Crippen molar-refractivity contribution in [1.82, 2.24) is 0 Å². The Kier molecular flexibility index (Phi) is 6.70. The summed E-state index contributed by atoms with van der Waals surface area (Å²) in [6, 6.07) is 0. The predicted molar refractivity (Wildman–Crippen MR) is 53.5 cm³/mol. The molecule has 0 aromatic carbocycles. The van der Waals surface area contributed by atoms with Crippen LogP contribution in [0.2, 0.25) is 0 Å². The number of carbonyl (C=O) groups excluding carboxylic acids is 1. The number of esters is 1. The van der Waals surface area contributed by atoms with Crippen LogP contribution >= 0.6 is 0 Å². The monoisotopic (exact) mass is 218 g/mol. The Morgan fingerprint density at radius 3 is 2.33 bits per heavy atom. The van der Waals surface area contributed by atoms with E-state index in [2.05, 4.69) is 0 Å². The Morgan fingerprint density at radius 1 is 1.33 bits per heavy atom. The molecule has 2 unspecified atom stereocenters.